The number of hydrogen-bond acceptors (Lipinski definition) is 9. The SMILES string of the molecule is Cc1cc(C)c(OCCN2CCNC2=O)c(C)c1C=[N+](C)[O-].Cc1cc(C)c(OCCN2CCNC2=O)c(C)c1C=[N+]([O-])c1ccccc1.O.[CH-]=Nc1ccc(OCCN2CCNC2=O)cc1.[Y]. The minimum absolute atomic E-state index is 0. The summed E-state index contributed by atoms with van der Waals surface area (Å²) in [5.74, 6) is 2.31. The normalized spacial score (nSPS) is 14.3. The molecule has 0 atom stereocenters. The summed E-state index contributed by atoms with van der Waals surface area (Å²) in [5.41, 5.74) is 9.02. The van der Waals surface area contributed by atoms with E-state index in [0.717, 1.165) is 77.8 Å². The number of nitrogens with zero attached hydrogens (tertiary/aromatic N) is 6. The van der Waals surface area contributed by atoms with Gasteiger partial charge in [0.05, 0.1) is 19.6 Å². The van der Waals surface area contributed by atoms with Crippen LogP contribution in [0.1, 0.15) is 44.5 Å². The molecule has 4 aromatic carbocycles. The monoisotopic (exact) mass is 1010 g/mol. The molecule has 68 heavy (non-hydrogen) atoms. The van der Waals surface area contributed by atoms with Crippen LogP contribution in [0.15, 0.2) is 71.7 Å². The molecule has 7 rings (SSSR count). The summed E-state index contributed by atoms with van der Waals surface area (Å²) in [4.78, 5) is 43.1. The average molecular weight is 1010 g/mol. The van der Waals surface area contributed by atoms with Gasteiger partial charge in [-0.1, -0.05) is 36.0 Å². The van der Waals surface area contributed by atoms with Crippen LogP contribution in [-0.4, -0.2) is 153 Å². The Morgan fingerprint density at radius 3 is 1.43 bits per heavy atom. The van der Waals surface area contributed by atoms with E-state index in [1.54, 1.807) is 63.5 Å². The zero-order valence-electron chi connectivity index (χ0n) is 40.1. The molecular weight excluding hydrogens is 947 g/mol. The van der Waals surface area contributed by atoms with Gasteiger partial charge in [-0.2, -0.15) is 11.5 Å². The maximum Gasteiger partial charge on any atom is 0.317 e. The number of aryl methyl sites for hydroxylation is 4. The molecule has 0 aliphatic carbocycles. The molecule has 18 nitrogen and oxygen atoms in total. The van der Waals surface area contributed by atoms with Crippen LogP contribution >= 0.6 is 0 Å². The molecule has 19 heteroatoms. The Morgan fingerprint density at radius 1 is 0.632 bits per heavy atom. The van der Waals surface area contributed by atoms with E-state index in [1.807, 2.05) is 71.9 Å². The number of hydrogen-bond donors (Lipinski definition) is 3. The maximum absolute atomic E-state index is 12.5. The number of aliphatic imine (C=N–C) groups is 1. The topological polar surface area (TPSA) is 221 Å². The molecule has 3 aliphatic rings. The fourth-order valence-electron chi connectivity index (χ4n) is 7.75. The van der Waals surface area contributed by atoms with Crippen LogP contribution in [0.4, 0.5) is 25.8 Å². The molecule has 3 fully saturated rings. The molecule has 6 amide bonds. The molecule has 0 spiro atoms. The number of rotatable bonds is 16. The standard InChI is InChI=1S/C21H25N3O3.C16H23N3O3.C12H14N3O2.H2O.Y/c1-15-13-16(2)20(27-12-11-23-10-9-22-21(23)25)17(3)19(15)14-24(26)18-7-5-4-6-8-18;1-11-9-12(2)15(13(3)14(11)10-18(4)21)22-8-7-19-6-5-17-16(19)20;1-13-10-2-4-11(5-3-10)17-9-8-15-7-6-14-12(15)16;;/h4-8,13-14H,9-12H2,1-3H3,(H,22,25);9-10H,5-8H2,1-4H3,(H,17,20);1-5H,6-9H2,(H,14,16);1H2;/q;;-1;;. The Kier molecular flexibility index (Phi) is 22.7. The number of amides is 6. The summed E-state index contributed by atoms with van der Waals surface area (Å²) in [6, 6.07) is 20.2. The summed E-state index contributed by atoms with van der Waals surface area (Å²) in [6.45, 7) is 24.3. The van der Waals surface area contributed by atoms with Gasteiger partial charge < -0.3 is 65.7 Å². The van der Waals surface area contributed by atoms with E-state index in [2.05, 4.69) is 20.9 Å². The van der Waals surface area contributed by atoms with Gasteiger partial charge in [0.15, 0.2) is 12.4 Å². The quantitative estimate of drug-likeness (QED) is 0.0437. The van der Waals surface area contributed by atoms with Gasteiger partial charge >= 0.3 is 18.1 Å². The molecule has 0 aromatic heterocycles. The van der Waals surface area contributed by atoms with Crippen LogP contribution in [0.2, 0.25) is 0 Å². The second-order valence-electron chi connectivity index (χ2n) is 16.0. The van der Waals surface area contributed by atoms with Gasteiger partial charge in [0.25, 0.3) is 0 Å². The van der Waals surface area contributed by atoms with Gasteiger partial charge in [-0.15, -0.1) is 12.1 Å². The number of benzene rings is 4. The molecule has 363 valence electrons. The van der Waals surface area contributed by atoms with E-state index in [4.69, 9.17) is 20.9 Å². The van der Waals surface area contributed by atoms with Crippen molar-refractivity contribution in [3.05, 3.63) is 122 Å². The first kappa shape index (κ1) is 56.1. The molecule has 0 saturated carbocycles. The van der Waals surface area contributed by atoms with E-state index in [0.29, 0.717) is 83.6 Å². The molecule has 3 heterocycles. The number of urea groups is 3. The van der Waals surface area contributed by atoms with Crippen LogP contribution in [0.25, 0.3) is 0 Å². The number of ether oxygens (including phenoxy) is 3. The smallest absolute Gasteiger partial charge is 0.317 e. The molecular formula is C49H64N9O9Y-. The summed E-state index contributed by atoms with van der Waals surface area (Å²) < 4.78 is 19.1. The van der Waals surface area contributed by atoms with E-state index in [-0.39, 0.29) is 56.3 Å². The van der Waals surface area contributed by atoms with Crippen molar-refractivity contribution < 1.29 is 76.3 Å². The summed E-state index contributed by atoms with van der Waals surface area (Å²) in [7, 11) is 1.46. The van der Waals surface area contributed by atoms with Crippen molar-refractivity contribution in [2.24, 2.45) is 4.99 Å². The molecule has 1 radical (unpaired) electrons. The van der Waals surface area contributed by atoms with Crippen LogP contribution in [-0.2, 0) is 32.7 Å². The van der Waals surface area contributed by atoms with Crippen LogP contribution in [0, 0.1) is 52.0 Å². The maximum atomic E-state index is 12.5. The minimum atomic E-state index is -0.0465. The number of carbonyl (C=O) groups excluding carboxylic acids is 3. The van der Waals surface area contributed by atoms with Crippen molar-refractivity contribution in [1.29, 1.82) is 0 Å². The predicted molar refractivity (Wildman–Crippen MR) is 261 cm³/mol. The van der Waals surface area contributed by atoms with Gasteiger partial charge in [0, 0.05) is 106 Å². The fraction of sp³-hybridized carbons (Fsp3) is 0.388. The fourth-order valence-corrected chi connectivity index (χ4v) is 7.75. The largest absolute Gasteiger partial charge is 0.624 e. The summed E-state index contributed by atoms with van der Waals surface area (Å²) >= 11 is 0. The molecule has 4 aromatic rings. The van der Waals surface area contributed by atoms with Crippen molar-refractivity contribution >= 4 is 48.6 Å². The Hall–Kier alpha value is -6.24. The number of hydroxylamine groups is 1. The molecule has 3 saturated heterocycles. The van der Waals surface area contributed by atoms with Crippen molar-refractivity contribution in [2.75, 3.05) is 85.8 Å². The van der Waals surface area contributed by atoms with Gasteiger partial charge in [0.1, 0.15) is 44.1 Å². The first-order valence-electron chi connectivity index (χ1n) is 22.0. The zero-order chi connectivity index (χ0) is 47.8. The Morgan fingerprint density at radius 2 is 1.04 bits per heavy atom. The van der Waals surface area contributed by atoms with Crippen LogP contribution in [0.3, 0.4) is 0 Å². The third-order valence-corrected chi connectivity index (χ3v) is 11.2. The minimum Gasteiger partial charge on any atom is -0.624 e. The van der Waals surface area contributed by atoms with Crippen LogP contribution in [0.5, 0.6) is 17.2 Å². The predicted octanol–water partition coefficient (Wildman–Crippen LogP) is 5.32. The molecule has 0 bridgehead atoms. The number of nitrogens with one attached hydrogen (secondary N) is 3. The number of carbonyl (C=O) groups is 3. The Bertz CT molecular complexity index is 2400. The molecule has 0 unspecified atom stereocenters. The van der Waals surface area contributed by atoms with Gasteiger partial charge in [0.2, 0.25) is 5.69 Å². The molecule has 3 aliphatic heterocycles. The second kappa shape index (κ2) is 27.5. The van der Waals surface area contributed by atoms with Crippen molar-refractivity contribution in [3.63, 3.8) is 0 Å². The molecule has 5 N–H and O–H groups in total. The summed E-state index contributed by atoms with van der Waals surface area (Å²) in [6.07, 6.45) is 3.16. The van der Waals surface area contributed by atoms with Crippen molar-refractivity contribution in [3.8, 4) is 17.2 Å². The van der Waals surface area contributed by atoms with E-state index in [9.17, 15) is 24.8 Å². The van der Waals surface area contributed by atoms with Crippen molar-refractivity contribution in [2.45, 2.75) is 41.5 Å². The average Bonchev–Trinajstić information content (AvgIpc) is 4.04. The van der Waals surface area contributed by atoms with Crippen LogP contribution < -0.4 is 30.2 Å². The third kappa shape index (κ3) is 15.9. The van der Waals surface area contributed by atoms with Crippen molar-refractivity contribution in [1.82, 2.24) is 30.7 Å². The van der Waals surface area contributed by atoms with E-state index in [1.165, 1.54) is 7.05 Å². The third-order valence-electron chi connectivity index (χ3n) is 11.2. The zero-order valence-corrected chi connectivity index (χ0v) is 42.9. The van der Waals surface area contributed by atoms with E-state index >= 15 is 0 Å². The second-order valence-corrected chi connectivity index (χ2v) is 16.0. The Balaban J connectivity index is 0.000000273. The van der Waals surface area contributed by atoms with E-state index < -0.39 is 0 Å². The Labute approximate surface area is 424 Å². The number of para-hydroxylation sites is 1. The first-order valence-corrected chi connectivity index (χ1v) is 22.0. The summed E-state index contributed by atoms with van der Waals surface area (Å²) in [5, 5.41) is 32.1. The van der Waals surface area contributed by atoms with Gasteiger partial charge in [-0.25, -0.2) is 19.1 Å². The first-order chi connectivity index (χ1) is 31.7. The van der Waals surface area contributed by atoms with Gasteiger partial charge in [-0.05, 0) is 75.9 Å². The van der Waals surface area contributed by atoms with Gasteiger partial charge in [-0.3, -0.25) is 0 Å².